The average Bonchev–Trinajstić information content (AvgIpc) is 2.44. The smallest absolute Gasteiger partial charge is 0.411 e. The Hall–Kier alpha value is -2.89. The number of fused-ring (bicyclic) bond motifs is 1. The molecule has 0 radical (unpaired) electrons. The fourth-order valence-corrected chi connectivity index (χ4v) is 1.61. The normalized spacial score (nSPS) is 10.0. The van der Waals surface area contributed by atoms with Gasteiger partial charge in [-0.25, -0.2) is 14.6 Å². The van der Waals surface area contributed by atoms with E-state index in [9.17, 15) is 9.59 Å². The first-order valence-electron chi connectivity index (χ1n) is 5.79. The van der Waals surface area contributed by atoms with Crippen molar-refractivity contribution in [2.45, 2.75) is 0 Å². The van der Waals surface area contributed by atoms with Crippen LogP contribution in [-0.2, 0) is 4.74 Å². The number of hydrogen-bond donors (Lipinski definition) is 2. The zero-order valence-electron chi connectivity index (χ0n) is 10.5. The Balaban J connectivity index is 2.21. The molecule has 20 heavy (non-hydrogen) atoms. The van der Waals surface area contributed by atoms with E-state index in [1.54, 1.807) is 24.3 Å². The van der Waals surface area contributed by atoms with Gasteiger partial charge in [0.2, 0.25) is 0 Å². The number of pyridine rings is 1. The van der Waals surface area contributed by atoms with Crippen molar-refractivity contribution in [2.24, 2.45) is 0 Å². The fraction of sp³-hybridized carbons (Fsp3) is 0.0714. The lowest BCUT2D eigenvalue weighted by atomic mass is 10.2. The Morgan fingerprint density at radius 1 is 1.35 bits per heavy atom. The minimum Gasteiger partial charge on any atom is -0.477 e. The summed E-state index contributed by atoms with van der Waals surface area (Å²) in [5, 5.41) is 12.1. The molecule has 2 aromatic rings. The highest BCUT2D eigenvalue weighted by molar-refractivity contribution is 5.92. The highest BCUT2D eigenvalue weighted by atomic mass is 16.5. The van der Waals surface area contributed by atoms with Crippen molar-refractivity contribution in [1.29, 1.82) is 0 Å². The van der Waals surface area contributed by atoms with Gasteiger partial charge in [-0.3, -0.25) is 5.32 Å². The summed E-state index contributed by atoms with van der Waals surface area (Å²) in [7, 11) is 0. The van der Waals surface area contributed by atoms with Crippen molar-refractivity contribution in [1.82, 2.24) is 4.98 Å². The van der Waals surface area contributed by atoms with E-state index in [1.165, 1.54) is 12.1 Å². The van der Waals surface area contributed by atoms with Crippen LogP contribution in [0.25, 0.3) is 10.9 Å². The molecule has 1 amide bonds. The molecule has 0 spiro atoms. The van der Waals surface area contributed by atoms with Crippen molar-refractivity contribution in [2.75, 3.05) is 11.9 Å². The van der Waals surface area contributed by atoms with Gasteiger partial charge in [-0.2, -0.15) is 0 Å². The number of carbonyl (C=O) groups excluding carboxylic acids is 1. The quantitative estimate of drug-likeness (QED) is 0.835. The first kappa shape index (κ1) is 13.5. The van der Waals surface area contributed by atoms with E-state index in [0.717, 1.165) is 5.39 Å². The standard InChI is InChI=1S/C14H12N2O4/c1-2-7-20-14(19)15-10-4-6-11-9(8-10)3-5-12(16-11)13(17)18/h2-6,8H,1,7H2,(H,15,19)(H,17,18). The van der Waals surface area contributed by atoms with Gasteiger partial charge in [-0.15, -0.1) is 0 Å². The number of anilines is 1. The fourth-order valence-electron chi connectivity index (χ4n) is 1.61. The van der Waals surface area contributed by atoms with Crippen LogP contribution in [0, 0.1) is 0 Å². The monoisotopic (exact) mass is 272 g/mol. The van der Waals surface area contributed by atoms with Gasteiger partial charge in [0.25, 0.3) is 0 Å². The lowest BCUT2D eigenvalue weighted by molar-refractivity contribution is 0.0691. The van der Waals surface area contributed by atoms with E-state index in [-0.39, 0.29) is 12.3 Å². The molecule has 0 aliphatic carbocycles. The largest absolute Gasteiger partial charge is 0.477 e. The second-order valence-corrected chi connectivity index (χ2v) is 3.92. The number of nitrogens with one attached hydrogen (secondary N) is 1. The maximum absolute atomic E-state index is 11.4. The molecule has 1 heterocycles. The molecule has 0 atom stereocenters. The number of hydrogen-bond acceptors (Lipinski definition) is 4. The lowest BCUT2D eigenvalue weighted by Gasteiger charge is -2.06. The van der Waals surface area contributed by atoms with Crippen molar-refractivity contribution < 1.29 is 19.4 Å². The number of carboxylic acids is 1. The Kier molecular flexibility index (Phi) is 3.95. The molecule has 0 aliphatic heterocycles. The molecule has 0 bridgehead atoms. The molecule has 0 saturated heterocycles. The van der Waals surface area contributed by atoms with E-state index in [0.29, 0.717) is 11.2 Å². The number of aromatic carboxylic acids is 1. The summed E-state index contributed by atoms with van der Waals surface area (Å²) in [6.07, 6.45) is 0.886. The third kappa shape index (κ3) is 3.11. The Bertz CT molecular complexity index is 682. The van der Waals surface area contributed by atoms with Crippen LogP contribution in [0.2, 0.25) is 0 Å². The summed E-state index contributed by atoms with van der Waals surface area (Å²) in [6.45, 7) is 3.57. The first-order chi connectivity index (χ1) is 9.60. The molecule has 0 unspecified atom stereocenters. The van der Waals surface area contributed by atoms with Crippen LogP contribution in [0.5, 0.6) is 0 Å². The minimum atomic E-state index is -1.08. The van der Waals surface area contributed by atoms with Crippen LogP contribution in [0.4, 0.5) is 10.5 Å². The lowest BCUT2D eigenvalue weighted by Crippen LogP contribution is -2.13. The Morgan fingerprint density at radius 2 is 2.15 bits per heavy atom. The zero-order valence-corrected chi connectivity index (χ0v) is 10.5. The number of carbonyl (C=O) groups is 2. The topological polar surface area (TPSA) is 88.5 Å². The molecule has 6 nitrogen and oxygen atoms in total. The molecular formula is C14H12N2O4. The van der Waals surface area contributed by atoms with Crippen molar-refractivity contribution >= 4 is 28.7 Å². The highest BCUT2D eigenvalue weighted by Crippen LogP contribution is 2.18. The van der Waals surface area contributed by atoms with Gasteiger partial charge in [0.05, 0.1) is 5.52 Å². The van der Waals surface area contributed by atoms with Crippen LogP contribution in [0.15, 0.2) is 43.0 Å². The van der Waals surface area contributed by atoms with Gasteiger partial charge in [0.15, 0.2) is 0 Å². The Labute approximate surface area is 114 Å². The van der Waals surface area contributed by atoms with Crippen LogP contribution in [0.1, 0.15) is 10.5 Å². The predicted molar refractivity (Wildman–Crippen MR) is 73.9 cm³/mol. The molecular weight excluding hydrogens is 260 g/mol. The SMILES string of the molecule is C=CCOC(=O)Nc1ccc2nc(C(=O)O)ccc2c1. The third-order valence-corrected chi connectivity index (χ3v) is 2.49. The number of amides is 1. The molecule has 0 aliphatic rings. The minimum absolute atomic E-state index is 0.0244. The second kappa shape index (κ2) is 5.83. The van der Waals surface area contributed by atoms with Gasteiger partial charge in [0, 0.05) is 11.1 Å². The summed E-state index contributed by atoms with van der Waals surface area (Å²) in [6, 6.07) is 7.97. The van der Waals surface area contributed by atoms with E-state index >= 15 is 0 Å². The molecule has 6 heteroatoms. The maximum Gasteiger partial charge on any atom is 0.411 e. The molecule has 1 aromatic heterocycles. The summed E-state index contributed by atoms with van der Waals surface area (Å²) in [5.41, 5.74) is 1.05. The third-order valence-electron chi connectivity index (χ3n) is 2.49. The summed E-state index contributed by atoms with van der Waals surface area (Å²) in [4.78, 5) is 26.2. The van der Waals surface area contributed by atoms with Crippen LogP contribution >= 0.6 is 0 Å². The van der Waals surface area contributed by atoms with E-state index in [1.807, 2.05) is 0 Å². The van der Waals surface area contributed by atoms with E-state index < -0.39 is 12.1 Å². The molecule has 2 N–H and O–H groups in total. The maximum atomic E-state index is 11.4. The second-order valence-electron chi connectivity index (χ2n) is 3.92. The Morgan fingerprint density at radius 3 is 2.85 bits per heavy atom. The highest BCUT2D eigenvalue weighted by Gasteiger charge is 2.07. The van der Waals surface area contributed by atoms with Gasteiger partial charge in [-0.05, 0) is 24.3 Å². The average molecular weight is 272 g/mol. The molecule has 0 fully saturated rings. The van der Waals surface area contributed by atoms with Gasteiger partial charge >= 0.3 is 12.1 Å². The van der Waals surface area contributed by atoms with Crippen molar-refractivity contribution in [3.05, 3.63) is 48.7 Å². The van der Waals surface area contributed by atoms with Gasteiger partial charge in [0.1, 0.15) is 12.3 Å². The summed E-state index contributed by atoms with van der Waals surface area (Å²) < 4.78 is 4.80. The number of ether oxygens (including phenoxy) is 1. The van der Waals surface area contributed by atoms with Gasteiger partial charge < -0.3 is 9.84 Å². The predicted octanol–water partition coefficient (Wildman–Crippen LogP) is 2.67. The molecule has 2 rings (SSSR count). The molecule has 1 aromatic carbocycles. The van der Waals surface area contributed by atoms with E-state index in [2.05, 4.69) is 16.9 Å². The zero-order chi connectivity index (χ0) is 14.5. The number of carboxylic acid groups (broad SMARTS) is 1. The number of rotatable bonds is 4. The van der Waals surface area contributed by atoms with Crippen molar-refractivity contribution in [3.63, 3.8) is 0 Å². The van der Waals surface area contributed by atoms with Crippen molar-refractivity contribution in [3.8, 4) is 0 Å². The summed E-state index contributed by atoms with van der Waals surface area (Å²) >= 11 is 0. The van der Waals surface area contributed by atoms with Crippen LogP contribution in [-0.4, -0.2) is 28.8 Å². The molecule has 0 saturated carbocycles. The number of aromatic nitrogens is 1. The first-order valence-corrected chi connectivity index (χ1v) is 5.79. The summed E-state index contributed by atoms with van der Waals surface area (Å²) in [5.74, 6) is -1.08. The van der Waals surface area contributed by atoms with Crippen LogP contribution in [0.3, 0.4) is 0 Å². The van der Waals surface area contributed by atoms with Crippen LogP contribution < -0.4 is 5.32 Å². The van der Waals surface area contributed by atoms with E-state index in [4.69, 9.17) is 9.84 Å². The van der Waals surface area contributed by atoms with Gasteiger partial charge in [-0.1, -0.05) is 18.7 Å². The number of benzene rings is 1. The molecule has 102 valence electrons. The number of nitrogens with zero attached hydrogens (tertiary/aromatic N) is 1.